The largest absolute Gasteiger partial charge is 0.448 e. The lowest BCUT2D eigenvalue weighted by atomic mass is 9.85. The van der Waals surface area contributed by atoms with E-state index in [2.05, 4.69) is 33.2 Å². The van der Waals surface area contributed by atoms with Gasteiger partial charge in [-0.2, -0.15) is 10.1 Å². The molecule has 2 saturated carbocycles. The Kier molecular flexibility index (Phi) is 2.32. The Balaban J connectivity index is 1.45. The SMILES string of the molecule is O=C1[C@@H]2[C@H](C(=O)N1/N=C\c1ccc(Br)o1)[C@H]1C=C[C@H]2C12CC2. The van der Waals surface area contributed by atoms with Crippen molar-refractivity contribution in [2.24, 2.45) is 34.2 Å². The Hall–Kier alpha value is -1.69. The van der Waals surface area contributed by atoms with Gasteiger partial charge < -0.3 is 4.42 Å². The fraction of sp³-hybridized carbons (Fsp3) is 0.438. The highest BCUT2D eigenvalue weighted by atomic mass is 79.9. The van der Waals surface area contributed by atoms with E-state index in [-0.39, 0.29) is 40.9 Å². The Bertz CT molecular complexity index is 727. The van der Waals surface area contributed by atoms with Crippen LogP contribution in [0.1, 0.15) is 18.6 Å². The van der Waals surface area contributed by atoms with Gasteiger partial charge in [0, 0.05) is 0 Å². The number of furan rings is 1. The smallest absolute Gasteiger partial charge is 0.254 e. The summed E-state index contributed by atoms with van der Waals surface area (Å²) in [4.78, 5) is 25.3. The van der Waals surface area contributed by atoms with Crippen LogP contribution in [-0.2, 0) is 9.59 Å². The van der Waals surface area contributed by atoms with Crippen LogP contribution in [0.5, 0.6) is 0 Å². The second kappa shape index (κ2) is 3.98. The molecule has 2 amide bonds. The van der Waals surface area contributed by atoms with Crippen LogP contribution < -0.4 is 0 Å². The second-order valence-corrected chi connectivity index (χ2v) is 7.38. The lowest BCUT2D eigenvalue weighted by Crippen LogP contribution is -2.30. The molecule has 1 aromatic rings. The molecule has 0 N–H and O–H groups in total. The van der Waals surface area contributed by atoms with Gasteiger partial charge in [-0.3, -0.25) is 9.59 Å². The van der Waals surface area contributed by atoms with Crippen molar-refractivity contribution < 1.29 is 14.0 Å². The minimum absolute atomic E-state index is 0.153. The summed E-state index contributed by atoms with van der Waals surface area (Å²) >= 11 is 3.21. The molecule has 5 rings (SSSR count). The van der Waals surface area contributed by atoms with Gasteiger partial charge in [-0.25, -0.2) is 0 Å². The highest BCUT2D eigenvalue weighted by Gasteiger charge is 2.73. The molecule has 112 valence electrons. The second-order valence-electron chi connectivity index (χ2n) is 6.60. The third-order valence-corrected chi connectivity index (χ3v) is 6.15. The van der Waals surface area contributed by atoms with Gasteiger partial charge in [0.1, 0.15) is 5.76 Å². The van der Waals surface area contributed by atoms with Crippen LogP contribution in [-0.4, -0.2) is 23.0 Å². The van der Waals surface area contributed by atoms with Crippen LogP contribution in [0.3, 0.4) is 0 Å². The first-order chi connectivity index (χ1) is 10.6. The van der Waals surface area contributed by atoms with Gasteiger partial charge >= 0.3 is 0 Å². The van der Waals surface area contributed by atoms with Crippen molar-refractivity contribution >= 4 is 34.0 Å². The Labute approximate surface area is 135 Å². The number of hydrazone groups is 1. The highest BCUT2D eigenvalue weighted by Crippen LogP contribution is 2.73. The summed E-state index contributed by atoms with van der Waals surface area (Å²) in [5, 5.41) is 5.13. The number of hydrogen-bond acceptors (Lipinski definition) is 4. The molecular formula is C16H13BrN2O3. The van der Waals surface area contributed by atoms with Gasteiger partial charge in [0.15, 0.2) is 4.67 Å². The van der Waals surface area contributed by atoms with E-state index in [4.69, 9.17) is 4.42 Å². The average Bonchev–Trinajstić information content (AvgIpc) is 2.87. The van der Waals surface area contributed by atoms with Crippen LogP contribution in [0.25, 0.3) is 0 Å². The number of hydrogen-bond donors (Lipinski definition) is 0. The molecule has 1 aromatic heterocycles. The number of carbonyl (C=O) groups is 2. The van der Waals surface area contributed by atoms with E-state index < -0.39 is 0 Å². The number of amides is 2. The van der Waals surface area contributed by atoms with Crippen LogP contribution in [0.2, 0.25) is 0 Å². The number of allylic oxidation sites excluding steroid dienone is 2. The van der Waals surface area contributed by atoms with Crippen molar-refractivity contribution in [2.45, 2.75) is 12.8 Å². The van der Waals surface area contributed by atoms with Crippen molar-refractivity contribution in [2.75, 3.05) is 0 Å². The van der Waals surface area contributed by atoms with Crippen LogP contribution in [0.15, 0.2) is 38.5 Å². The van der Waals surface area contributed by atoms with Gasteiger partial charge in [0.25, 0.3) is 11.8 Å². The first-order valence-electron chi connectivity index (χ1n) is 7.47. The Morgan fingerprint density at radius 1 is 1.18 bits per heavy atom. The van der Waals surface area contributed by atoms with Gasteiger partial charge in [0.05, 0.1) is 18.1 Å². The molecule has 6 heteroatoms. The lowest BCUT2D eigenvalue weighted by Gasteiger charge is -2.18. The topological polar surface area (TPSA) is 62.9 Å². The zero-order valence-electron chi connectivity index (χ0n) is 11.6. The van der Waals surface area contributed by atoms with Gasteiger partial charge in [-0.1, -0.05) is 12.2 Å². The predicted molar refractivity (Wildman–Crippen MR) is 80.6 cm³/mol. The molecule has 4 aliphatic rings. The van der Waals surface area contributed by atoms with Crippen LogP contribution >= 0.6 is 15.9 Å². The lowest BCUT2D eigenvalue weighted by molar-refractivity contribution is -0.141. The average molecular weight is 361 g/mol. The molecule has 0 unspecified atom stereocenters. The predicted octanol–water partition coefficient (Wildman–Crippen LogP) is 2.57. The van der Waals surface area contributed by atoms with E-state index in [1.54, 1.807) is 12.1 Å². The molecule has 5 nitrogen and oxygen atoms in total. The first-order valence-corrected chi connectivity index (χ1v) is 8.27. The number of fused-ring (bicyclic) bond motifs is 3. The van der Waals surface area contributed by atoms with E-state index in [1.165, 1.54) is 6.21 Å². The zero-order chi connectivity index (χ0) is 15.1. The molecule has 3 fully saturated rings. The molecule has 3 aliphatic carbocycles. The van der Waals surface area contributed by atoms with E-state index in [0.717, 1.165) is 17.9 Å². The molecule has 0 radical (unpaired) electrons. The van der Waals surface area contributed by atoms with Crippen molar-refractivity contribution in [3.05, 3.63) is 34.7 Å². The summed E-state index contributed by atoms with van der Waals surface area (Å²) in [7, 11) is 0. The summed E-state index contributed by atoms with van der Waals surface area (Å²) < 4.78 is 5.90. The third kappa shape index (κ3) is 1.41. The number of imide groups is 1. The van der Waals surface area contributed by atoms with Gasteiger partial charge in [-0.05, 0) is 58.2 Å². The molecule has 4 atom stereocenters. The quantitative estimate of drug-likeness (QED) is 0.462. The maximum Gasteiger partial charge on any atom is 0.254 e. The Morgan fingerprint density at radius 3 is 2.32 bits per heavy atom. The third-order valence-electron chi connectivity index (χ3n) is 5.72. The number of nitrogens with zero attached hydrogens (tertiary/aromatic N) is 2. The van der Waals surface area contributed by atoms with E-state index in [1.807, 2.05) is 0 Å². The van der Waals surface area contributed by atoms with Crippen molar-refractivity contribution in [3.8, 4) is 0 Å². The first kappa shape index (κ1) is 12.8. The molecule has 22 heavy (non-hydrogen) atoms. The maximum absolute atomic E-state index is 12.6. The summed E-state index contributed by atoms with van der Waals surface area (Å²) in [5.41, 5.74) is 0.225. The van der Waals surface area contributed by atoms with E-state index >= 15 is 0 Å². The summed E-state index contributed by atoms with van der Waals surface area (Å²) in [5.74, 6) is 0.258. The normalized spacial score (nSPS) is 37.0. The minimum atomic E-state index is -0.203. The molecular weight excluding hydrogens is 348 g/mol. The Morgan fingerprint density at radius 2 is 1.82 bits per heavy atom. The summed E-state index contributed by atoms with van der Waals surface area (Å²) in [6.45, 7) is 0. The number of halogens is 1. The van der Waals surface area contributed by atoms with Crippen LogP contribution in [0.4, 0.5) is 0 Å². The van der Waals surface area contributed by atoms with Crippen LogP contribution in [0, 0.1) is 29.1 Å². The van der Waals surface area contributed by atoms with E-state index in [0.29, 0.717) is 10.4 Å². The van der Waals surface area contributed by atoms with Crippen molar-refractivity contribution in [1.29, 1.82) is 0 Å². The minimum Gasteiger partial charge on any atom is -0.448 e. The monoisotopic (exact) mass is 360 g/mol. The highest BCUT2D eigenvalue weighted by molar-refractivity contribution is 9.10. The summed E-state index contributed by atoms with van der Waals surface area (Å²) in [6, 6.07) is 3.47. The van der Waals surface area contributed by atoms with Gasteiger partial charge in [-0.15, -0.1) is 0 Å². The molecule has 1 spiro atoms. The maximum atomic E-state index is 12.6. The fourth-order valence-corrected chi connectivity index (χ4v) is 5.01. The fourth-order valence-electron chi connectivity index (χ4n) is 4.69. The van der Waals surface area contributed by atoms with Crippen molar-refractivity contribution in [3.63, 3.8) is 0 Å². The molecule has 1 saturated heterocycles. The summed E-state index contributed by atoms with van der Waals surface area (Å²) in [6.07, 6.45) is 8.02. The number of carbonyl (C=O) groups excluding carboxylic acids is 2. The molecule has 1 aliphatic heterocycles. The van der Waals surface area contributed by atoms with Crippen molar-refractivity contribution in [1.82, 2.24) is 5.01 Å². The molecule has 0 aromatic carbocycles. The number of rotatable bonds is 2. The van der Waals surface area contributed by atoms with E-state index in [9.17, 15) is 9.59 Å². The zero-order valence-corrected chi connectivity index (χ0v) is 13.2. The molecule has 2 heterocycles. The van der Waals surface area contributed by atoms with Gasteiger partial charge in [0.2, 0.25) is 0 Å². The standard InChI is InChI=1S/C16H13BrN2O3/c17-11-4-1-8(22-11)7-18-19-14(20)12-9-2-3-10(13(12)15(19)21)16(9)5-6-16/h1-4,7,9-10,12-13H,5-6H2/b18-7-/t9-,10-,12-,13+/m1/s1. The molecule has 2 bridgehead atoms.